The summed E-state index contributed by atoms with van der Waals surface area (Å²) in [5, 5.41) is 10.7. The summed E-state index contributed by atoms with van der Waals surface area (Å²) in [5.41, 5.74) is 13.5. The molecular formula is C40H22. The van der Waals surface area contributed by atoms with Crippen LogP contribution in [0.15, 0.2) is 133 Å². The standard InChI is InChI=1S/C40H22/c1-3-9-25-23(7-1)16-18-33-34-21-19-27(30-12-6-14-35(37(25)33)40(30)34)28-20-22-36-38-26-10-4-2-8-24(26)15-17-32(38)31-13-5-11-29(28)39(31)36/h1-22H. The minimum Gasteiger partial charge on any atom is -0.0616 e. The van der Waals surface area contributed by atoms with Gasteiger partial charge in [0.1, 0.15) is 0 Å². The van der Waals surface area contributed by atoms with Gasteiger partial charge < -0.3 is 0 Å². The Morgan fingerprint density at radius 1 is 0.225 bits per heavy atom. The molecule has 0 aliphatic heterocycles. The molecule has 0 nitrogen and oxygen atoms in total. The maximum atomic E-state index is 2.37. The van der Waals surface area contributed by atoms with Gasteiger partial charge in [0.15, 0.2) is 0 Å². The third kappa shape index (κ3) is 2.43. The lowest BCUT2D eigenvalue weighted by molar-refractivity contribution is 1.70. The molecule has 40 heavy (non-hydrogen) atoms. The van der Waals surface area contributed by atoms with Gasteiger partial charge >= 0.3 is 0 Å². The highest BCUT2D eigenvalue weighted by Gasteiger charge is 2.27. The van der Waals surface area contributed by atoms with Gasteiger partial charge in [-0.2, -0.15) is 0 Å². The molecule has 0 fully saturated rings. The van der Waals surface area contributed by atoms with E-state index < -0.39 is 0 Å². The van der Waals surface area contributed by atoms with Crippen LogP contribution in [0.2, 0.25) is 0 Å². The van der Waals surface area contributed by atoms with Gasteiger partial charge in [0.25, 0.3) is 0 Å². The Labute approximate surface area is 231 Å². The van der Waals surface area contributed by atoms with E-state index in [0.717, 1.165) is 0 Å². The summed E-state index contributed by atoms with van der Waals surface area (Å²) in [6, 6.07) is 49.9. The van der Waals surface area contributed by atoms with E-state index in [4.69, 9.17) is 0 Å². The normalized spacial score (nSPS) is 12.5. The second-order valence-corrected chi connectivity index (χ2v) is 11.2. The van der Waals surface area contributed by atoms with Gasteiger partial charge in [-0.05, 0) is 98.7 Å². The summed E-state index contributed by atoms with van der Waals surface area (Å²) in [6.45, 7) is 0. The Bertz CT molecular complexity index is 2300. The smallest absolute Gasteiger partial charge is 0.00199 e. The Kier molecular flexibility index (Phi) is 3.76. The third-order valence-electron chi connectivity index (χ3n) is 9.35. The molecule has 8 aromatic rings. The van der Waals surface area contributed by atoms with E-state index in [1.807, 2.05) is 0 Å². The van der Waals surface area contributed by atoms with E-state index in [1.165, 1.54) is 98.7 Å². The number of rotatable bonds is 1. The molecule has 0 aromatic heterocycles. The second-order valence-electron chi connectivity index (χ2n) is 11.2. The van der Waals surface area contributed by atoms with Crippen LogP contribution in [0.3, 0.4) is 0 Å². The Hall–Kier alpha value is -5.20. The van der Waals surface area contributed by atoms with Crippen LogP contribution in [-0.2, 0) is 0 Å². The van der Waals surface area contributed by atoms with E-state index >= 15 is 0 Å². The quantitative estimate of drug-likeness (QED) is 0.209. The zero-order chi connectivity index (χ0) is 25.9. The largest absolute Gasteiger partial charge is 0.0616 e. The van der Waals surface area contributed by atoms with Crippen LogP contribution >= 0.6 is 0 Å². The molecular weight excluding hydrogens is 480 g/mol. The summed E-state index contributed by atoms with van der Waals surface area (Å²) in [6.07, 6.45) is 0. The summed E-state index contributed by atoms with van der Waals surface area (Å²) < 4.78 is 0. The SMILES string of the molecule is c1ccc2c3c(ccc2c1)-c1ccc(-c2ccc4c5c(cccc25)-c2ccc5ccccc5c2-4)c2cccc-3c12. The van der Waals surface area contributed by atoms with E-state index in [9.17, 15) is 0 Å². The second kappa shape index (κ2) is 7.25. The first kappa shape index (κ1) is 20.7. The Balaban J connectivity index is 1.27. The Morgan fingerprint density at radius 2 is 0.625 bits per heavy atom. The molecule has 0 bridgehead atoms. The third-order valence-corrected chi connectivity index (χ3v) is 9.35. The van der Waals surface area contributed by atoms with E-state index in [0.29, 0.717) is 0 Å². The van der Waals surface area contributed by atoms with Crippen LogP contribution in [0.1, 0.15) is 0 Å². The molecule has 0 saturated heterocycles. The predicted molar refractivity (Wildman–Crippen MR) is 171 cm³/mol. The topological polar surface area (TPSA) is 0 Å². The zero-order valence-corrected chi connectivity index (χ0v) is 21.7. The van der Waals surface area contributed by atoms with Crippen molar-refractivity contribution in [3.63, 3.8) is 0 Å². The molecule has 0 saturated carbocycles. The van der Waals surface area contributed by atoms with Gasteiger partial charge in [-0.15, -0.1) is 0 Å². The number of hydrogen-bond donors (Lipinski definition) is 0. The summed E-state index contributed by atoms with van der Waals surface area (Å²) in [4.78, 5) is 0. The van der Waals surface area contributed by atoms with E-state index in [-0.39, 0.29) is 0 Å². The summed E-state index contributed by atoms with van der Waals surface area (Å²) >= 11 is 0. The maximum Gasteiger partial charge on any atom is -0.00199 e. The van der Waals surface area contributed by atoms with Gasteiger partial charge in [0.05, 0.1) is 0 Å². The van der Waals surface area contributed by atoms with Gasteiger partial charge in [0.2, 0.25) is 0 Å². The average molecular weight is 503 g/mol. The molecule has 10 rings (SSSR count). The fourth-order valence-electron chi connectivity index (χ4n) is 7.72. The molecule has 8 aromatic carbocycles. The lowest BCUT2D eigenvalue weighted by Gasteiger charge is -2.14. The predicted octanol–water partition coefficient (Wildman–Crippen LogP) is 11.3. The lowest BCUT2D eigenvalue weighted by atomic mass is 9.89. The molecule has 0 heteroatoms. The van der Waals surface area contributed by atoms with Crippen LogP contribution in [-0.4, -0.2) is 0 Å². The fourth-order valence-corrected chi connectivity index (χ4v) is 7.72. The molecule has 0 heterocycles. The molecule has 0 N–H and O–H groups in total. The van der Waals surface area contributed by atoms with Crippen molar-refractivity contribution in [1.82, 2.24) is 0 Å². The van der Waals surface area contributed by atoms with Crippen molar-refractivity contribution in [3.8, 4) is 55.6 Å². The fraction of sp³-hybridized carbons (Fsp3) is 0. The molecule has 0 spiro atoms. The van der Waals surface area contributed by atoms with Crippen LogP contribution in [0, 0.1) is 0 Å². The Morgan fingerprint density at radius 3 is 1.23 bits per heavy atom. The van der Waals surface area contributed by atoms with Crippen molar-refractivity contribution in [1.29, 1.82) is 0 Å². The summed E-state index contributed by atoms with van der Waals surface area (Å²) in [5.74, 6) is 0. The highest BCUT2D eigenvalue weighted by atomic mass is 14.3. The minimum absolute atomic E-state index is 1.30. The van der Waals surface area contributed by atoms with Crippen molar-refractivity contribution in [3.05, 3.63) is 133 Å². The highest BCUT2D eigenvalue weighted by molar-refractivity contribution is 6.27. The molecule has 0 atom stereocenters. The molecule has 2 aliphatic carbocycles. The van der Waals surface area contributed by atoms with Crippen molar-refractivity contribution in [2.24, 2.45) is 0 Å². The lowest BCUT2D eigenvalue weighted by Crippen LogP contribution is -1.87. The summed E-state index contributed by atoms with van der Waals surface area (Å²) in [7, 11) is 0. The van der Waals surface area contributed by atoms with Crippen molar-refractivity contribution in [2.75, 3.05) is 0 Å². The van der Waals surface area contributed by atoms with Gasteiger partial charge in [-0.1, -0.05) is 133 Å². The van der Waals surface area contributed by atoms with Crippen LogP contribution < -0.4 is 0 Å². The van der Waals surface area contributed by atoms with Gasteiger partial charge in [-0.25, -0.2) is 0 Å². The van der Waals surface area contributed by atoms with Gasteiger partial charge in [0, 0.05) is 0 Å². The molecule has 182 valence electrons. The molecule has 0 unspecified atom stereocenters. The number of fused-ring (bicyclic) bond motifs is 10. The van der Waals surface area contributed by atoms with Crippen LogP contribution in [0.25, 0.3) is 98.7 Å². The first-order chi connectivity index (χ1) is 19.9. The van der Waals surface area contributed by atoms with E-state index in [1.54, 1.807) is 0 Å². The van der Waals surface area contributed by atoms with Crippen LogP contribution in [0.4, 0.5) is 0 Å². The molecule has 0 radical (unpaired) electrons. The number of hydrogen-bond acceptors (Lipinski definition) is 0. The van der Waals surface area contributed by atoms with Crippen LogP contribution in [0.5, 0.6) is 0 Å². The van der Waals surface area contributed by atoms with Crippen molar-refractivity contribution < 1.29 is 0 Å². The first-order valence-electron chi connectivity index (χ1n) is 14.0. The van der Waals surface area contributed by atoms with E-state index in [2.05, 4.69) is 133 Å². The monoisotopic (exact) mass is 502 g/mol. The maximum absolute atomic E-state index is 2.37. The molecule has 2 aliphatic rings. The van der Waals surface area contributed by atoms with Crippen molar-refractivity contribution >= 4 is 43.1 Å². The van der Waals surface area contributed by atoms with Gasteiger partial charge in [-0.3, -0.25) is 0 Å². The molecule has 0 amide bonds. The number of benzene rings is 8. The van der Waals surface area contributed by atoms with Crippen molar-refractivity contribution in [2.45, 2.75) is 0 Å². The highest BCUT2D eigenvalue weighted by Crippen LogP contribution is 2.54. The minimum atomic E-state index is 1.30. The zero-order valence-electron chi connectivity index (χ0n) is 21.7. The first-order valence-corrected chi connectivity index (χ1v) is 14.0. The average Bonchev–Trinajstić information content (AvgIpc) is 3.53.